The molecule has 0 aliphatic carbocycles. The van der Waals surface area contributed by atoms with Crippen LogP contribution in [0.4, 0.5) is 5.69 Å². The summed E-state index contributed by atoms with van der Waals surface area (Å²) in [5.41, 5.74) is 9.18. The van der Waals surface area contributed by atoms with Gasteiger partial charge in [-0.25, -0.2) is 0 Å². The minimum Gasteiger partial charge on any atom is -0.395 e. The Hall–Kier alpha value is -2.10. The molecule has 16 heavy (non-hydrogen) atoms. The monoisotopic (exact) mass is 214 g/mol. The van der Waals surface area contributed by atoms with E-state index in [1.807, 2.05) is 37.3 Å². The average Bonchev–Trinajstić information content (AvgIpc) is 2.54. The predicted octanol–water partition coefficient (Wildman–Crippen LogP) is 1.73. The standard InChI is InChI=1S/C12H14N4/c1-8-10(13)12(16(2)15-8)11(14)9-6-4-3-5-7-9/h3-7,14H,13H2,1-2H3. The second kappa shape index (κ2) is 3.81. The summed E-state index contributed by atoms with van der Waals surface area (Å²) in [7, 11) is 1.80. The minimum atomic E-state index is 0.404. The zero-order chi connectivity index (χ0) is 11.7. The van der Waals surface area contributed by atoms with Crippen LogP contribution in [0.5, 0.6) is 0 Å². The van der Waals surface area contributed by atoms with Crippen molar-refractivity contribution in [2.75, 3.05) is 5.73 Å². The van der Waals surface area contributed by atoms with Crippen LogP contribution < -0.4 is 5.73 Å². The highest BCUT2D eigenvalue weighted by Gasteiger charge is 2.15. The van der Waals surface area contributed by atoms with Crippen molar-refractivity contribution in [2.24, 2.45) is 7.05 Å². The molecule has 0 fully saturated rings. The van der Waals surface area contributed by atoms with Gasteiger partial charge in [0.2, 0.25) is 0 Å². The fourth-order valence-electron chi connectivity index (χ4n) is 1.71. The SMILES string of the molecule is Cc1nn(C)c(C(=N)c2ccccc2)c1N. The summed E-state index contributed by atoms with van der Waals surface area (Å²) in [6.07, 6.45) is 0. The van der Waals surface area contributed by atoms with E-state index in [1.165, 1.54) is 0 Å². The molecule has 2 aromatic rings. The first kappa shape index (κ1) is 10.4. The Morgan fingerprint density at radius 1 is 1.31 bits per heavy atom. The lowest BCUT2D eigenvalue weighted by Crippen LogP contribution is -2.10. The lowest BCUT2D eigenvalue weighted by atomic mass is 10.1. The highest BCUT2D eigenvalue weighted by atomic mass is 15.3. The van der Waals surface area contributed by atoms with Crippen molar-refractivity contribution in [3.63, 3.8) is 0 Å². The van der Waals surface area contributed by atoms with Crippen LogP contribution >= 0.6 is 0 Å². The van der Waals surface area contributed by atoms with Crippen LogP contribution in [-0.4, -0.2) is 15.5 Å². The molecule has 0 saturated heterocycles. The molecule has 0 spiro atoms. The lowest BCUT2D eigenvalue weighted by molar-refractivity contribution is 0.749. The fraction of sp³-hybridized carbons (Fsp3) is 0.167. The summed E-state index contributed by atoms with van der Waals surface area (Å²) in [6.45, 7) is 1.84. The molecule has 0 radical (unpaired) electrons. The molecule has 4 nitrogen and oxygen atoms in total. The first-order valence-corrected chi connectivity index (χ1v) is 5.04. The maximum absolute atomic E-state index is 8.12. The summed E-state index contributed by atoms with van der Waals surface area (Å²) in [5.74, 6) is 0. The molecule has 0 aliphatic rings. The molecule has 0 amide bonds. The van der Waals surface area contributed by atoms with Crippen molar-refractivity contribution in [3.05, 3.63) is 47.3 Å². The summed E-state index contributed by atoms with van der Waals surface area (Å²) in [5, 5.41) is 12.3. The third-order valence-corrected chi connectivity index (χ3v) is 2.57. The molecule has 1 heterocycles. The van der Waals surface area contributed by atoms with E-state index in [1.54, 1.807) is 11.7 Å². The third kappa shape index (κ3) is 1.58. The zero-order valence-corrected chi connectivity index (χ0v) is 9.36. The van der Waals surface area contributed by atoms with Crippen LogP contribution in [0.15, 0.2) is 30.3 Å². The van der Waals surface area contributed by atoms with Gasteiger partial charge in [-0.2, -0.15) is 5.10 Å². The van der Waals surface area contributed by atoms with Gasteiger partial charge in [-0.05, 0) is 6.92 Å². The molecule has 0 aliphatic heterocycles. The van der Waals surface area contributed by atoms with E-state index in [0.717, 1.165) is 11.3 Å². The van der Waals surface area contributed by atoms with Gasteiger partial charge in [-0.15, -0.1) is 0 Å². The molecule has 3 N–H and O–H groups in total. The second-order valence-electron chi connectivity index (χ2n) is 3.71. The van der Waals surface area contributed by atoms with Crippen LogP contribution in [0.3, 0.4) is 0 Å². The van der Waals surface area contributed by atoms with E-state index >= 15 is 0 Å². The molecule has 82 valence electrons. The van der Waals surface area contributed by atoms with Crippen molar-refractivity contribution in [2.45, 2.75) is 6.92 Å². The van der Waals surface area contributed by atoms with Gasteiger partial charge in [0.25, 0.3) is 0 Å². The largest absolute Gasteiger partial charge is 0.395 e. The summed E-state index contributed by atoms with van der Waals surface area (Å²) in [4.78, 5) is 0. The number of anilines is 1. The molecule has 0 unspecified atom stereocenters. The van der Waals surface area contributed by atoms with Gasteiger partial charge in [0.15, 0.2) is 0 Å². The minimum absolute atomic E-state index is 0.404. The van der Waals surface area contributed by atoms with Crippen LogP contribution in [0.1, 0.15) is 17.0 Å². The number of rotatable bonds is 2. The second-order valence-corrected chi connectivity index (χ2v) is 3.71. The van der Waals surface area contributed by atoms with Gasteiger partial charge in [-0.1, -0.05) is 30.3 Å². The molecule has 1 aromatic carbocycles. The predicted molar refractivity (Wildman–Crippen MR) is 64.7 cm³/mol. The summed E-state index contributed by atoms with van der Waals surface area (Å²) in [6, 6.07) is 9.52. The number of nitrogens with one attached hydrogen (secondary N) is 1. The third-order valence-electron chi connectivity index (χ3n) is 2.57. The fourth-order valence-corrected chi connectivity index (χ4v) is 1.71. The molecule has 1 aromatic heterocycles. The number of nitrogens with zero attached hydrogens (tertiary/aromatic N) is 2. The highest BCUT2D eigenvalue weighted by Crippen LogP contribution is 2.18. The van der Waals surface area contributed by atoms with E-state index in [2.05, 4.69) is 5.10 Å². The maximum Gasteiger partial charge on any atom is 0.109 e. The topological polar surface area (TPSA) is 67.7 Å². The number of hydrogen-bond donors (Lipinski definition) is 2. The first-order chi connectivity index (χ1) is 7.61. The molecule has 0 bridgehead atoms. The van der Waals surface area contributed by atoms with E-state index in [-0.39, 0.29) is 0 Å². The summed E-state index contributed by atoms with van der Waals surface area (Å²) < 4.78 is 1.65. The Morgan fingerprint density at radius 2 is 1.94 bits per heavy atom. The molecular weight excluding hydrogens is 200 g/mol. The smallest absolute Gasteiger partial charge is 0.109 e. The number of aromatic nitrogens is 2. The van der Waals surface area contributed by atoms with E-state index in [4.69, 9.17) is 11.1 Å². The Labute approximate surface area is 94.2 Å². The van der Waals surface area contributed by atoms with Crippen molar-refractivity contribution < 1.29 is 0 Å². The Morgan fingerprint density at radius 3 is 2.44 bits per heavy atom. The van der Waals surface area contributed by atoms with Gasteiger partial charge in [0.05, 0.1) is 17.1 Å². The van der Waals surface area contributed by atoms with Gasteiger partial charge in [-0.3, -0.25) is 10.1 Å². The summed E-state index contributed by atoms with van der Waals surface area (Å²) >= 11 is 0. The normalized spacial score (nSPS) is 10.4. The van der Waals surface area contributed by atoms with Crippen molar-refractivity contribution in [1.82, 2.24) is 9.78 Å². The van der Waals surface area contributed by atoms with Crippen molar-refractivity contribution in [1.29, 1.82) is 5.41 Å². The van der Waals surface area contributed by atoms with Crippen molar-refractivity contribution >= 4 is 11.4 Å². The Balaban J connectivity index is 2.50. The maximum atomic E-state index is 8.12. The number of benzene rings is 1. The van der Waals surface area contributed by atoms with Crippen LogP contribution in [-0.2, 0) is 7.05 Å². The molecule has 0 atom stereocenters. The number of hydrogen-bond acceptors (Lipinski definition) is 3. The average molecular weight is 214 g/mol. The van der Waals surface area contributed by atoms with Gasteiger partial charge in [0.1, 0.15) is 5.69 Å². The quantitative estimate of drug-likeness (QED) is 0.747. The van der Waals surface area contributed by atoms with Gasteiger partial charge >= 0.3 is 0 Å². The molecule has 4 heteroatoms. The first-order valence-electron chi connectivity index (χ1n) is 5.04. The zero-order valence-electron chi connectivity index (χ0n) is 9.36. The van der Waals surface area contributed by atoms with Gasteiger partial charge in [0, 0.05) is 12.6 Å². The molecule has 0 saturated carbocycles. The van der Waals surface area contributed by atoms with E-state index in [9.17, 15) is 0 Å². The molecular formula is C12H14N4. The molecule has 2 rings (SSSR count). The lowest BCUT2D eigenvalue weighted by Gasteiger charge is -2.05. The van der Waals surface area contributed by atoms with E-state index in [0.29, 0.717) is 17.1 Å². The highest BCUT2D eigenvalue weighted by molar-refractivity contribution is 6.12. The van der Waals surface area contributed by atoms with Crippen LogP contribution in [0.25, 0.3) is 0 Å². The number of nitrogens with two attached hydrogens (primary N) is 1. The van der Waals surface area contributed by atoms with E-state index < -0.39 is 0 Å². The van der Waals surface area contributed by atoms with Crippen LogP contribution in [0, 0.1) is 12.3 Å². The number of nitrogen functional groups attached to an aromatic ring is 1. The Kier molecular flexibility index (Phi) is 2.48. The Bertz CT molecular complexity index is 525. The van der Waals surface area contributed by atoms with Gasteiger partial charge < -0.3 is 5.73 Å². The van der Waals surface area contributed by atoms with Crippen LogP contribution in [0.2, 0.25) is 0 Å². The number of aryl methyl sites for hydroxylation is 2. The van der Waals surface area contributed by atoms with Crippen molar-refractivity contribution in [3.8, 4) is 0 Å².